The summed E-state index contributed by atoms with van der Waals surface area (Å²) in [5.41, 5.74) is 11.4. The summed E-state index contributed by atoms with van der Waals surface area (Å²) in [4.78, 5) is 0. The fourth-order valence-electron chi connectivity index (χ4n) is 7.66. The molecule has 0 N–H and O–H groups in total. The average molecular weight is 625 g/mol. The summed E-state index contributed by atoms with van der Waals surface area (Å²) < 4.78 is 11.0. The molecule has 5 heteroatoms. The van der Waals surface area contributed by atoms with Gasteiger partial charge in [-0.15, -0.1) is 0 Å². The fraction of sp³-hybridized carbons (Fsp3) is 0. The van der Waals surface area contributed by atoms with E-state index < -0.39 is 0 Å². The molecule has 0 fully saturated rings. The van der Waals surface area contributed by atoms with Crippen LogP contribution in [0.2, 0.25) is 0 Å². The molecule has 0 bridgehead atoms. The highest BCUT2D eigenvalue weighted by Gasteiger charge is 2.21. The van der Waals surface area contributed by atoms with E-state index in [1.807, 2.05) is 24.3 Å². The number of nitrogens with zero attached hydrogens (tertiary/aromatic N) is 4. The zero-order valence-electron chi connectivity index (χ0n) is 26.1. The highest BCUT2D eigenvalue weighted by atomic mass is 16.3. The van der Waals surface area contributed by atoms with E-state index in [1.165, 1.54) is 0 Å². The van der Waals surface area contributed by atoms with E-state index >= 15 is 0 Å². The van der Waals surface area contributed by atoms with Crippen LogP contribution in [0.1, 0.15) is 11.1 Å². The summed E-state index contributed by atoms with van der Waals surface area (Å²) in [5, 5.41) is 25.6. The summed E-state index contributed by atoms with van der Waals surface area (Å²) in [6, 6.07) is 54.5. The minimum Gasteiger partial charge on any atom is -0.456 e. The maximum absolute atomic E-state index is 9.70. The molecule has 10 aromatic rings. The van der Waals surface area contributed by atoms with Gasteiger partial charge in [-0.1, -0.05) is 72.8 Å². The van der Waals surface area contributed by atoms with Crippen molar-refractivity contribution in [3.05, 3.63) is 157 Å². The Morgan fingerprint density at radius 3 is 1.53 bits per heavy atom. The molecule has 3 heterocycles. The van der Waals surface area contributed by atoms with Crippen molar-refractivity contribution in [3.8, 4) is 34.6 Å². The molecule has 226 valence electrons. The van der Waals surface area contributed by atoms with Crippen molar-refractivity contribution in [1.82, 2.24) is 9.13 Å². The molecular formula is C44H24N4O. The molecule has 5 nitrogen and oxygen atoms in total. The number of para-hydroxylation sites is 4. The van der Waals surface area contributed by atoms with Crippen LogP contribution in [0.5, 0.6) is 0 Å². The number of nitriles is 2. The van der Waals surface area contributed by atoms with Crippen LogP contribution in [0.25, 0.3) is 88.1 Å². The smallest absolute Gasteiger partial charge is 0.136 e. The van der Waals surface area contributed by atoms with E-state index in [0.717, 1.165) is 88.1 Å². The number of hydrogen-bond acceptors (Lipinski definition) is 3. The van der Waals surface area contributed by atoms with Crippen LogP contribution >= 0.6 is 0 Å². The highest BCUT2D eigenvalue weighted by molar-refractivity contribution is 6.17. The van der Waals surface area contributed by atoms with Crippen LogP contribution in [-0.4, -0.2) is 9.13 Å². The molecule has 0 saturated carbocycles. The second kappa shape index (κ2) is 10.2. The van der Waals surface area contributed by atoms with Crippen molar-refractivity contribution in [1.29, 1.82) is 10.5 Å². The summed E-state index contributed by atoms with van der Waals surface area (Å²) in [5.74, 6) is 0. The van der Waals surface area contributed by atoms with Gasteiger partial charge in [0.1, 0.15) is 11.2 Å². The molecule has 0 radical (unpaired) electrons. The van der Waals surface area contributed by atoms with Gasteiger partial charge in [0.15, 0.2) is 0 Å². The third kappa shape index (κ3) is 3.85. The fourth-order valence-corrected chi connectivity index (χ4v) is 7.66. The van der Waals surface area contributed by atoms with Gasteiger partial charge >= 0.3 is 0 Å². The minimum atomic E-state index is 0.603. The van der Waals surface area contributed by atoms with E-state index in [4.69, 9.17) is 4.42 Å². The van der Waals surface area contributed by atoms with Gasteiger partial charge < -0.3 is 13.6 Å². The van der Waals surface area contributed by atoms with E-state index in [2.05, 4.69) is 137 Å². The zero-order valence-corrected chi connectivity index (χ0v) is 26.1. The van der Waals surface area contributed by atoms with Gasteiger partial charge in [0.25, 0.3) is 0 Å². The standard InChI is InChI=1S/C44H24N4O/c45-25-27-17-19-41-33(21-27)31-11-3-7-15-39(31)47(41)37-13-5-1-9-29(37)30-10-2-6-14-38(30)48-40-16-8-4-12-32(40)34-24-44-36(23-42(34)48)35-22-28(26-46)18-20-43(35)49-44/h1-24H. The molecule has 3 aromatic heterocycles. The monoisotopic (exact) mass is 624 g/mol. The Labute approximate surface area is 280 Å². The van der Waals surface area contributed by atoms with Crippen molar-refractivity contribution in [2.24, 2.45) is 0 Å². The molecule has 0 amide bonds. The van der Waals surface area contributed by atoms with Gasteiger partial charge in [-0.3, -0.25) is 0 Å². The second-order valence-electron chi connectivity index (χ2n) is 12.4. The maximum atomic E-state index is 9.70. The summed E-state index contributed by atoms with van der Waals surface area (Å²) >= 11 is 0. The highest BCUT2D eigenvalue weighted by Crippen LogP contribution is 2.42. The SMILES string of the molecule is N#Cc1ccc2oc3cc4c5ccccc5n(-c5ccccc5-c5ccccc5-n5c6ccccc6c6cc(C#N)ccc65)c4cc3c2c1. The lowest BCUT2D eigenvalue weighted by atomic mass is 10.0. The molecule has 10 rings (SSSR count). The lowest BCUT2D eigenvalue weighted by Crippen LogP contribution is -2.01. The third-order valence-corrected chi connectivity index (χ3v) is 9.77. The first kappa shape index (κ1) is 27.1. The number of rotatable bonds is 3. The molecule has 0 aliphatic carbocycles. The van der Waals surface area contributed by atoms with Crippen LogP contribution in [0.3, 0.4) is 0 Å². The topological polar surface area (TPSA) is 70.6 Å². The first-order chi connectivity index (χ1) is 24.2. The van der Waals surface area contributed by atoms with Crippen LogP contribution in [0, 0.1) is 22.7 Å². The summed E-state index contributed by atoms with van der Waals surface area (Å²) in [6.07, 6.45) is 0. The van der Waals surface area contributed by atoms with Gasteiger partial charge in [-0.2, -0.15) is 10.5 Å². The molecular weight excluding hydrogens is 601 g/mol. The molecule has 0 aliphatic rings. The van der Waals surface area contributed by atoms with Crippen LogP contribution in [0.15, 0.2) is 150 Å². The van der Waals surface area contributed by atoms with Gasteiger partial charge in [-0.25, -0.2) is 0 Å². The van der Waals surface area contributed by atoms with E-state index in [9.17, 15) is 10.5 Å². The van der Waals surface area contributed by atoms with Crippen LogP contribution in [0.4, 0.5) is 0 Å². The molecule has 0 spiro atoms. The third-order valence-electron chi connectivity index (χ3n) is 9.77. The average Bonchev–Trinajstić information content (AvgIpc) is 3.80. The second-order valence-corrected chi connectivity index (χ2v) is 12.4. The Hall–Kier alpha value is -7.08. The Kier molecular flexibility index (Phi) is 5.64. The van der Waals surface area contributed by atoms with Crippen molar-refractivity contribution >= 4 is 65.6 Å². The van der Waals surface area contributed by atoms with Gasteiger partial charge in [0.05, 0.1) is 56.7 Å². The molecule has 0 saturated heterocycles. The van der Waals surface area contributed by atoms with Crippen molar-refractivity contribution in [3.63, 3.8) is 0 Å². The summed E-state index contributed by atoms with van der Waals surface area (Å²) in [7, 11) is 0. The lowest BCUT2D eigenvalue weighted by Gasteiger charge is -2.18. The molecule has 0 unspecified atom stereocenters. The lowest BCUT2D eigenvalue weighted by molar-refractivity contribution is 0.669. The van der Waals surface area contributed by atoms with Crippen molar-refractivity contribution in [2.75, 3.05) is 0 Å². The quantitative estimate of drug-likeness (QED) is 0.196. The van der Waals surface area contributed by atoms with Crippen molar-refractivity contribution in [2.45, 2.75) is 0 Å². The maximum Gasteiger partial charge on any atom is 0.136 e. The molecule has 7 aromatic carbocycles. The normalized spacial score (nSPS) is 11.6. The van der Waals surface area contributed by atoms with Gasteiger partial charge in [0, 0.05) is 43.4 Å². The Bertz CT molecular complexity index is 3090. The van der Waals surface area contributed by atoms with Gasteiger partial charge in [0.2, 0.25) is 0 Å². The molecule has 49 heavy (non-hydrogen) atoms. The number of hydrogen-bond donors (Lipinski definition) is 0. The predicted molar refractivity (Wildman–Crippen MR) is 197 cm³/mol. The predicted octanol–water partition coefficient (Wildman–Crippen LogP) is 11.2. The van der Waals surface area contributed by atoms with E-state index in [1.54, 1.807) is 6.07 Å². The first-order valence-corrected chi connectivity index (χ1v) is 16.1. The van der Waals surface area contributed by atoms with Gasteiger partial charge in [-0.05, 0) is 72.8 Å². The number of aromatic nitrogens is 2. The van der Waals surface area contributed by atoms with Crippen LogP contribution < -0.4 is 0 Å². The van der Waals surface area contributed by atoms with Crippen molar-refractivity contribution < 1.29 is 4.42 Å². The number of furan rings is 1. The molecule has 0 atom stereocenters. The minimum absolute atomic E-state index is 0.603. The largest absolute Gasteiger partial charge is 0.456 e. The molecule has 0 aliphatic heterocycles. The van der Waals surface area contributed by atoms with E-state index in [-0.39, 0.29) is 0 Å². The summed E-state index contributed by atoms with van der Waals surface area (Å²) in [6.45, 7) is 0. The zero-order chi connectivity index (χ0) is 32.6. The first-order valence-electron chi connectivity index (χ1n) is 16.1. The van der Waals surface area contributed by atoms with Crippen LogP contribution in [-0.2, 0) is 0 Å². The Morgan fingerprint density at radius 2 is 0.878 bits per heavy atom. The Morgan fingerprint density at radius 1 is 0.388 bits per heavy atom. The Balaban J connectivity index is 1.28. The number of fused-ring (bicyclic) bond motifs is 9. The number of benzene rings is 7. The van der Waals surface area contributed by atoms with E-state index in [0.29, 0.717) is 11.1 Å².